The summed E-state index contributed by atoms with van der Waals surface area (Å²) in [4.78, 5) is 26.1. The van der Waals surface area contributed by atoms with Crippen molar-refractivity contribution in [3.63, 3.8) is 0 Å². The van der Waals surface area contributed by atoms with E-state index in [0.717, 1.165) is 6.07 Å². The van der Waals surface area contributed by atoms with E-state index < -0.39 is 17.7 Å². The number of anilines is 1. The van der Waals surface area contributed by atoms with Gasteiger partial charge in [0.1, 0.15) is 11.3 Å². The Balaban J connectivity index is 1.85. The van der Waals surface area contributed by atoms with Crippen molar-refractivity contribution in [3.8, 4) is 5.75 Å². The van der Waals surface area contributed by atoms with E-state index in [9.17, 15) is 14.7 Å². The minimum Gasteiger partial charge on any atom is -0.507 e. The lowest BCUT2D eigenvalue weighted by molar-refractivity contribution is 0.0694. The van der Waals surface area contributed by atoms with Gasteiger partial charge in [0.15, 0.2) is 6.33 Å². The Labute approximate surface area is 118 Å². The predicted octanol–water partition coefficient (Wildman–Crippen LogP) is 0.838. The lowest BCUT2D eigenvalue weighted by Crippen LogP contribution is -2.30. The van der Waals surface area contributed by atoms with Crippen molar-refractivity contribution < 1.29 is 24.3 Å². The van der Waals surface area contributed by atoms with Gasteiger partial charge in [0.2, 0.25) is 5.89 Å². The van der Waals surface area contributed by atoms with Crippen LogP contribution >= 0.6 is 0 Å². The number of aromatic hydroxyl groups is 1. The molecule has 0 spiro atoms. The number of hydrogen-bond acceptors (Lipinski definition) is 6. The monoisotopic (exact) mass is 292 g/mol. The number of urea groups is 1. The summed E-state index contributed by atoms with van der Waals surface area (Å²) in [5, 5.41) is 26.7. The van der Waals surface area contributed by atoms with Crippen LogP contribution in [0.2, 0.25) is 0 Å². The summed E-state index contributed by atoms with van der Waals surface area (Å²) in [5.41, 5.74) is 0.0325. The Kier molecular flexibility index (Phi) is 4.34. The van der Waals surface area contributed by atoms with Crippen LogP contribution in [0.25, 0.3) is 0 Å². The quantitative estimate of drug-likeness (QED) is 0.640. The van der Waals surface area contributed by atoms with Crippen LogP contribution in [0.15, 0.2) is 29.0 Å². The van der Waals surface area contributed by atoms with Crippen LogP contribution in [0.5, 0.6) is 5.75 Å². The third kappa shape index (κ3) is 3.93. The molecule has 1 aromatic carbocycles. The molecule has 1 aromatic heterocycles. The number of carbonyl (C=O) groups is 2. The number of hydrogen-bond donors (Lipinski definition) is 4. The molecule has 0 bridgehead atoms. The van der Waals surface area contributed by atoms with Gasteiger partial charge in [-0.3, -0.25) is 0 Å². The van der Waals surface area contributed by atoms with E-state index in [1.165, 1.54) is 18.5 Å². The standard InChI is InChI=1S/C12H12N4O5/c17-9-5-7(1-2-8(9)11(18)19)16-12(20)13-4-3-10-14-6-15-21-10/h1-2,5-6,17H,3-4H2,(H,18,19)(H2,13,16,20). The van der Waals surface area contributed by atoms with Gasteiger partial charge in [0.05, 0.1) is 0 Å². The Bertz CT molecular complexity index is 641. The summed E-state index contributed by atoms with van der Waals surface area (Å²) in [7, 11) is 0. The van der Waals surface area contributed by atoms with E-state index in [-0.39, 0.29) is 17.8 Å². The highest BCUT2D eigenvalue weighted by molar-refractivity contribution is 5.93. The number of aromatic nitrogens is 2. The van der Waals surface area contributed by atoms with Gasteiger partial charge in [-0.1, -0.05) is 5.16 Å². The van der Waals surface area contributed by atoms with E-state index in [0.29, 0.717) is 12.3 Å². The van der Waals surface area contributed by atoms with E-state index in [1.807, 2.05) is 0 Å². The normalized spacial score (nSPS) is 10.1. The molecule has 1 heterocycles. The maximum atomic E-state index is 11.6. The molecule has 0 saturated heterocycles. The highest BCUT2D eigenvalue weighted by Crippen LogP contribution is 2.21. The molecule has 9 heteroatoms. The fraction of sp³-hybridized carbons (Fsp3) is 0.167. The SMILES string of the molecule is O=C(NCCc1ncno1)Nc1ccc(C(=O)O)c(O)c1. The highest BCUT2D eigenvalue weighted by Gasteiger charge is 2.10. The number of carboxylic acid groups (broad SMARTS) is 1. The van der Waals surface area contributed by atoms with Crippen LogP contribution in [-0.4, -0.2) is 38.9 Å². The number of phenols is 1. The van der Waals surface area contributed by atoms with E-state index in [4.69, 9.17) is 9.63 Å². The molecule has 0 saturated carbocycles. The second-order valence-corrected chi connectivity index (χ2v) is 4.00. The molecular weight excluding hydrogens is 280 g/mol. The second-order valence-electron chi connectivity index (χ2n) is 4.00. The van der Waals surface area contributed by atoms with E-state index in [2.05, 4.69) is 20.8 Å². The van der Waals surface area contributed by atoms with Crippen molar-refractivity contribution >= 4 is 17.7 Å². The van der Waals surface area contributed by atoms with Crippen molar-refractivity contribution in [2.75, 3.05) is 11.9 Å². The Hall–Kier alpha value is -3.10. The number of nitrogens with zero attached hydrogens (tertiary/aromatic N) is 2. The third-order valence-electron chi connectivity index (χ3n) is 2.52. The van der Waals surface area contributed by atoms with Gasteiger partial charge in [-0.25, -0.2) is 9.59 Å². The molecule has 2 rings (SSSR count). The summed E-state index contributed by atoms with van der Waals surface area (Å²) in [6.45, 7) is 0.285. The molecule has 110 valence electrons. The first-order valence-electron chi connectivity index (χ1n) is 5.93. The molecule has 0 atom stereocenters. The lowest BCUT2D eigenvalue weighted by atomic mass is 10.2. The van der Waals surface area contributed by atoms with Crippen molar-refractivity contribution in [1.82, 2.24) is 15.5 Å². The molecule has 0 radical (unpaired) electrons. The summed E-state index contributed by atoms with van der Waals surface area (Å²) in [6, 6.07) is 3.23. The van der Waals surface area contributed by atoms with Crippen LogP contribution in [0.1, 0.15) is 16.2 Å². The van der Waals surface area contributed by atoms with Crippen LogP contribution in [0.3, 0.4) is 0 Å². The zero-order valence-corrected chi connectivity index (χ0v) is 10.7. The number of aromatic carboxylic acids is 1. The molecule has 0 aliphatic carbocycles. The molecule has 0 fully saturated rings. The van der Waals surface area contributed by atoms with Crippen LogP contribution in [0.4, 0.5) is 10.5 Å². The van der Waals surface area contributed by atoms with Gasteiger partial charge in [0, 0.05) is 24.7 Å². The largest absolute Gasteiger partial charge is 0.507 e. The zero-order valence-electron chi connectivity index (χ0n) is 10.7. The highest BCUT2D eigenvalue weighted by atomic mass is 16.5. The first kappa shape index (κ1) is 14.3. The molecule has 0 aliphatic heterocycles. The molecule has 2 aromatic rings. The molecule has 0 aliphatic rings. The summed E-state index contributed by atoms with van der Waals surface area (Å²) < 4.78 is 4.76. The zero-order chi connectivity index (χ0) is 15.2. The van der Waals surface area contributed by atoms with Gasteiger partial charge in [-0.05, 0) is 12.1 Å². The topological polar surface area (TPSA) is 138 Å². The Morgan fingerprint density at radius 3 is 2.76 bits per heavy atom. The molecule has 9 nitrogen and oxygen atoms in total. The second kappa shape index (κ2) is 6.37. The van der Waals surface area contributed by atoms with Gasteiger partial charge in [-0.2, -0.15) is 4.98 Å². The summed E-state index contributed by atoms with van der Waals surface area (Å²) in [5.74, 6) is -1.27. The number of nitrogens with one attached hydrogen (secondary N) is 2. The van der Waals surface area contributed by atoms with Crippen LogP contribution < -0.4 is 10.6 Å². The van der Waals surface area contributed by atoms with Gasteiger partial charge >= 0.3 is 12.0 Å². The maximum absolute atomic E-state index is 11.6. The molecule has 0 unspecified atom stereocenters. The summed E-state index contributed by atoms with van der Waals surface area (Å²) in [6.07, 6.45) is 1.65. The fourth-order valence-corrected chi connectivity index (χ4v) is 1.55. The minimum absolute atomic E-state index is 0.239. The Morgan fingerprint density at radius 1 is 1.33 bits per heavy atom. The molecule has 4 N–H and O–H groups in total. The van der Waals surface area contributed by atoms with Gasteiger partial charge in [-0.15, -0.1) is 0 Å². The van der Waals surface area contributed by atoms with E-state index in [1.54, 1.807) is 0 Å². The van der Waals surface area contributed by atoms with Crippen LogP contribution in [0, 0.1) is 0 Å². The van der Waals surface area contributed by atoms with Crippen LogP contribution in [-0.2, 0) is 6.42 Å². The van der Waals surface area contributed by atoms with E-state index >= 15 is 0 Å². The molecule has 2 amide bonds. The van der Waals surface area contributed by atoms with Gasteiger partial charge < -0.3 is 25.4 Å². The van der Waals surface area contributed by atoms with Crippen molar-refractivity contribution in [1.29, 1.82) is 0 Å². The first-order chi connectivity index (χ1) is 10.1. The smallest absolute Gasteiger partial charge is 0.339 e. The van der Waals surface area contributed by atoms with Crippen molar-refractivity contribution in [3.05, 3.63) is 36.0 Å². The lowest BCUT2D eigenvalue weighted by Gasteiger charge is -2.08. The average Bonchev–Trinajstić information content (AvgIpc) is 2.91. The van der Waals surface area contributed by atoms with Gasteiger partial charge in [0.25, 0.3) is 0 Å². The Morgan fingerprint density at radius 2 is 2.14 bits per heavy atom. The maximum Gasteiger partial charge on any atom is 0.339 e. The number of carbonyl (C=O) groups excluding carboxylic acids is 1. The number of carboxylic acids is 1. The first-order valence-corrected chi connectivity index (χ1v) is 5.93. The summed E-state index contributed by atoms with van der Waals surface area (Å²) >= 11 is 0. The fourth-order valence-electron chi connectivity index (χ4n) is 1.55. The van der Waals surface area contributed by atoms with Crippen molar-refractivity contribution in [2.45, 2.75) is 6.42 Å². The average molecular weight is 292 g/mol. The number of rotatable bonds is 5. The molecular formula is C12H12N4O5. The number of benzene rings is 1. The third-order valence-corrected chi connectivity index (χ3v) is 2.52. The number of amides is 2. The molecule has 21 heavy (non-hydrogen) atoms. The predicted molar refractivity (Wildman–Crippen MR) is 70.1 cm³/mol. The van der Waals surface area contributed by atoms with Crippen molar-refractivity contribution in [2.24, 2.45) is 0 Å². The minimum atomic E-state index is -1.25.